The van der Waals surface area contributed by atoms with Crippen LogP contribution in [-0.2, 0) is 22.6 Å². The highest BCUT2D eigenvalue weighted by atomic mass is 35.5. The fraction of sp³-hybridized carbons (Fsp3) is 0.333. The summed E-state index contributed by atoms with van der Waals surface area (Å²) < 4.78 is 69.3. The molecule has 0 radical (unpaired) electrons. The van der Waals surface area contributed by atoms with Crippen LogP contribution in [0.15, 0.2) is 24.3 Å². The van der Waals surface area contributed by atoms with Gasteiger partial charge in [0.15, 0.2) is 23.3 Å². The van der Waals surface area contributed by atoms with Gasteiger partial charge in [-0.25, -0.2) is 22.0 Å². The van der Waals surface area contributed by atoms with Gasteiger partial charge in [-0.1, -0.05) is 18.2 Å². The predicted molar refractivity (Wildman–Crippen MR) is 110 cm³/mol. The number of nitrogens with zero attached hydrogens (tertiary/aromatic N) is 1. The van der Waals surface area contributed by atoms with E-state index in [1.54, 1.807) is 32.2 Å². The molecule has 2 aromatic carbocycles. The molecule has 2 atom stereocenters. The topological polar surface area (TPSA) is 61.4 Å². The second-order valence-electron chi connectivity index (χ2n) is 7.21. The second-order valence-corrected chi connectivity index (χ2v) is 7.21. The molecular weight excluding hydrogens is 457 g/mol. The molecule has 2 amide bonds. The molecule has 0 aromatic heterocycles. The Morgan fingerprint density at radius 3 is 2.22 bits per heavy atom. The Kier molecular flexibility index (Phi) is 8.19. The van der Waals surface area contributed by atoms with Gasteiger partial charge in [0, 0.05) is 11.3 Å². The molecule has 32 heavy (non-hydrogen) atoms. The summed E-state index contributed by atoms with van der Waals surface area (Å²) in [4.78, 5) is 26.4. The van der Waals surface area contributed by atoms with E-state index in [-0.39, 0.29) is 24.5 Å². The third-order valence-electron chi connectivity index (χ3n) is 5.31. The maximum atomic E-state index is 14.3. The van der Waals surface area contributed by atoms with E-state index in [1.165, 1.54) is 6.07 Å². The van der Waals surface area contributed by atoms with Gasteiger partial charge < -0.3 is 15.5 Å². The predicted octanol–water partition coefficient (Wildman–Crippen LogP) is 3.38. The number of aryl methyl sites for hydroxylation is 1. The lowest BCUT2D eigenvalue weighted by molar-refractivity contribution is -0.128. The molecule has 5 nitrogen and oxygen atoms in total. The van der Waals surface area contributed by atoms with Crippen molar-refractivity contribution in [3.63, 3.8) is 0 Å². The minimum atomic E-state index is -2.27. The molecule has 0 spiro atoms. The zero-order chi connectivity index (χ0) is 22.9. The van der Waals surface area contributed by atoms with Crippen molar-refractivity contribution in [2.75, 3.05) is 11.9 Å². The number of anilines is 1. The van der Waals surface area contributed by atoms with Crippen molar-refractivity contribution >= 4 is 29.9 Å². The van der Waals surface area contributed by atoms with Crippen LogP contribution in [-0.4, -0.2) is 30.9 Å². The normalized spacial score (nSPS) is 16.7. The Bertz CT molecular complexity index is 1010. The Hall–Kier alpha value is -2.72. The average Bonchev–Trinajstić information content (AvgIpc) is 2.90. The minimum Gasteiger partial charge on any atom is -0.343 e. The van der Waals surface area contributed by atoms with Gasteiger partial charge in [-0.15, -0.1) is 12.4 Å². The summed E-state index contributed by atoms with van der Waals surface area (Å²) in [6.45, 7) is 0.688. The van der Waals surface area contributed by atoms with Crippen LogP contribution < -0.4 is 15.5 Å². The highest BCUT2D eigenvalue weighted by Crippen LogP contribution is 2.31. The standard InChI is InChI=1S/C21H20F5N3O2.ClH/c1-10(27-2)20(30)28-13-8-7-11-5-3-4-6-14(11)29(21(13)31)9-12-15(22)17(24)19(26)18(25)16(12)23;/h3-6,10,13,27H,7-9H2,1-2H3,(H,28,30);1H. The zero-order valence-electron chi connectivity index (χ0n) is 17.1. The van der Waals surface area contributed by atoms with Crippen LogP contribution in [0.1, 0.15) is 24.5 Å². The zero-order valence-corrected chi connectivity index (χ0v) is 18.0. The van der Waals surface area contributed by atoms with Gasteiger partial charge in [0.25, 0.3) is 0 Å². The number of benzene rings is 2. The molecule has 0 saturated heterocycles. The molecule has 2 N–H and O–H groups in total. The quantitative estimate of drug-likeness (QED) is 0.394. The molecule has 1 aliphatic rings. The van der Waals surface area contributed by atoms with Crippen LogP contribution >= 0.6 is 12.4 Å². The average molecular weight is 478 g/mol. The summed E-state index contributed by atoms with van der Waals surface area (Å²) in [5, 5.41) is 5.31. The van der Waals surface area contributed by atoms with E-state index in [0.717, 1.165) is 4.90 Å². The van der Waals surface area contributed by atoms with Crippen molar-refractivity contribution in [2.45, 2.75) is 38.4 Å². The lowest BCUT2D eigenvalue weighted by Crippen LogP contribution is -2.52. The highest BCUT2D eigenvalue weighted by Gasteiger charge is 2.34. The summed E-state index contributed by atoms with van der Waals surface area (Å²) in [6, 6.07) is 4.83. The number of carbonyl (C=O) groups is 2. The number of hydrogen-bond donors (Lipinski definition) is 2. The summed E-state index contributed by atoms with van der Waals surface area (Å²) >= 11 is 0. The second kappa shape index (κ2) is 10.3. The van der Waals surface area contributed by atoms with Crippen molar-refractivity contribution in [3.05, 3.63) is 64.5 Å². The number of nitrogens with one attached hydrogen (secondary N) is 2. The van der Waals surface area contributed by atoms with Crippen LogP contribution in [0.3, 0.4) is 0 Å². The van der Waals surface area contributed by atoms with Crippen molar-refractivity contribution < 1.29 is 31.5 Å². The fourth-order valence-corrected chi connectivity index (χ4v) is 3.39. The molecule has 2 unspecified atom stereocenters. The van der Waals surface area contributed by atoms with Gasteiger partial charge in [0.1, 0.15) is 6.04 Å². The van der Waals surface area contributed by atoms with Gasteiger partial charge in [-0.2, -0.15) is 0 Å². The Labute approximate surface area is 187 Å². The van der Waals surface area contributed by atoms with Crippen molar-refractivity contribution in [2.24, 2.45) is 0 Å². The van der Waals surface area contributed by atoms with Crippen LogP contribution in [0.5, 0.6) is 0 Å². The van der Waals surface area contributed by atoms with Crippen LogP contribution in [0.4, 0.5) is 27.6 Å². The smallest absolute Gasteiger partial charge is 0.249 e. The molecule has 2 aromatic rings. The molecule has 0 aliphatic carbocycles. The Balaban J connectivity index is 0.00000363. The van der Waals surface area contributed by atoms with E-state index in [1.807, 2.05) is 0 Å². The molecule has 0 fully saturated rings. The van der Waals surface area contributed by atoms with Crippen LogP contribution in [0.25, 0.3) is 0 Å². The number of para-hydroxylation sites is 1. The molecule has 1 aliphatic heterocycles. The van der Waals surface area contributed by atoms with E-state index in [2.05, 4.69) is 10.6 Å². The number of carbonyl (C=O) groups excluding carboxylic acids is 2. The first-order valence-corrected chi connectivity index (χ1v) is 9.54. The number of fused-ring (bicyclic) bond motifs is 1. The van der Waals surface area contributed by atoms with E-state index in [9.17, 15) is 31.5 Å². The Morgan fingerprint density at radius 2 is 1.62 bits per heavy atom. The highest BCUT2D eigenvalue weighted by molar-refractivity contribution is 6.00. The van der Waals surface area contributed by atoms with Crippen LogP contribution in [0.2, 0.25) is 0 Å². The third-order valence-corrected chi connectivity index (χ3v) is 5.31. The van der Waals surface area contributed by atoms with Crippen LogP contribution in [0, 0.1) is 29.1 Å². The molecular formula is C21H21ClF5N3O2. The largest absolute Gasteiger partial charge is 0.343 e. The van der Waals surface area contributed by atoms with Gasteiger partial charge in [0.05, 0.1) is 12.6 Å². The number of amides is 2. The van der Waals surface area contributed by atoms with Gasteiger partial charge in [-0.3, -0.25) is 9.59 Å². The maximum Gasteiger partial charge on any atom is 0.249 e. The number of hydrogen-bond acceptors (Lipinski definition) is 3. The fourth-order valence-electron chi connectivity index (χ4n) is 3.39. The van der Waals surface area contributed by atoms with Crippen molar-refractivity contribution in [1.82, 2.24) is 10.6 Å². The van der Waals surface area contributed by atoms with Gasteiger partial charge in [-0.05, 0) is 38.4 Å². The lowest BCUT2D eigenvalue weighted by atomic mass is 10.1. The minimum absolute atomic E-state index is 0. The van der Waals surface area contributed by atoms with E-state index in [0.29, 0.717) is 12.0 Å². The summed E-state index contributed by atoms with van der Waals surface area (Å²) in [5.41, 5.74) is -0.219. The third kappa shape index (κ3) is 4.71. The molecule has 3 rings (SSSR count). The molecule has 0 bridgehead atoms. The van der Waals surface area contributed by atoms with Gasteiger partial charge >= 0.3 is 0 Å². The number of rotatable bonds is 5. The lowest BCUT2D eigenvalue weighted by Gasteiger charge is -2.27. The number of halogens is 6. The molecule has 11 heteroatoms. The first-order valence-electron chi connectivity index (χ1n) is 9.54. The first-order chi connectivity index (χ1) is 14.7. The van der Waals surface area contributed by atoms with Gasteiger partial charge in [0.2, 0.25) is 17.6 Å². The number of likely N-dealkylation sites (N-methyl/N-ethyl adjacent to an activating group) is 1. The van der Waals surface area contributed by atoms with E-state index < -0.39 is 65.1 Å². The SMILES string of the molecule is CNC(C)C(=O)NC1CCc2ccccc2N(Cc2c(F)c(F)c(F)c(F)c2F)C1=O.Cl. The summed E-state index contributed by atoms with van der Waals surface area (Å²) in [7, 11) is 1.56. The molecule has 1 heterocycles. The maximum absolute atomic E-state index is 14.3. The van der Waals surface area contributed by atoms with E-state index >= 15 is 0 Å². The van der Waals surface area contributed by atoms with Crippen molar-refractivity contribution in [1.29, 1.82) is 0 Å². The van der Waals surface area contributed by atoms with Crippen molar-refractivity contribution in [3.8, 4) is 0 Å². The summed E-state index contributed by atoms with van der Waals surface area (Å²) in [6.07, 6.45) is 0.556. The molecule has 174 valence electrons. The Morgan fingerprint density at radius 1 is 1.06 bits per heavy atom. The summed E-state index contributed by atoms with van der Waals surface area (Å²) in [5.74, 6) is -11.6. The first kappa shape index (κ1) is 25.5. The van der Waals surface area contributed by atoms with E-state index in [4.69, 9.17) is 0 Å². The monoisotopic (exact) mass is 477 g/mol. The molecule has 0 saturated carbocycles.